The molecular weight excluding hydrogens is 224 g/mol. The third-order valence-electron chi connectivity index (χ3n) is 2.85. The molecule has 0 saturated heterocycles. The molecule has 3 aromatic rings. The minimum Gasteiger partial charge on any atom is -0.333 e. The van der Waals surface area contributed by atoms with E-state index in [0.717, 1.165) is 17.9 Å². The Morgan fingerprint density at radius 1 is 1.06 bits per heavy atom. The number of aryl methyl sites for hydroxylation is 1. The second-order valence-electron chi connectivity index (χ2n) is 4.30. The number of benzene rings is 1. The van der Waals surface area contributed by atoms with Crippen LogP contribution in [0.25, 0.3) is 5.69 Å². The smallest absolute Gasteiger partial charge is 0.0949 e. The lowest BCUT2D eigenvalue weighted by Gasteiger charge is -2.05. The summed E-state index contributed by atoms with van der Waals surface area (Å²) in [4.78, 5) is 4.04. The van der Waals surface area contributed by atoms with Crippen molar-refractivity contribution in [3.05, 3.63) is 66.5 Å². The largest absolute Gasteiger partial charge is 0.333 e. The van der Waals surface area contributed by atoms with Crippen LogP contribution in [0.3, 0.4) is 0 Å². The minimum absolute atomic E-state index is 0.846. The predicted octanol–water partition coefficient (Wildman–Crippen LogP) is 2.43. The molecular formula is C14H14N4. The predicted molar refractivity (Wildman–Crippen MR) is 69.6 cm³/mol. The van der Waals surface area contributed by atoms with Crippen molar-refractivity contribution in [1.82, 2.24) is 19.3 Å². The highest BCUT2D eigenvalue weighted by Gasteiger charge is 1.99. The molecule has 2 heterocycles. The van der Waals surface area contributed by atoms with Crippen molar-refractivity contribution in [2.24, 2.45) is 0 Å². The van der Waals surface area contributed by atoms with Gasteiger partial charge < -0.3 is 4.57 Å². The summed E-state index contributed by atoms with van der Waals surface area (Å²) >= 11 is 0. The van der Waals surface area contributed by atoms with Gasteiger partial charge in [-0.3, -0.25) is 0 Å². The fourth-order valence-corrected chi connectivity index (χ4v) is 1.90. The molecule has 18 heavy (non-hydrogen) atoms. The van der Waals surface area contributed by atoms with E-state index < -0.39 is 0 Å². The third-order valence-corrected chi connectivity index (χ3v) is 2.85. The van der Waals surface area contributed by atoms with Crippen LogP contribution in [0.1, 0.15) is 11.3 Å². The van der Waals surface area contributed by atoms with Gasteiger partial charge in [-0.1, -0.05) is 12.1 Å². The minimum atomic E-state index is 0.846. The third kappa shape index (κ3) is 2.18. The molecule has 0 aliphatic carbocycles. The molecule has 4 heteroatoms. The number of rotatable bonds is 3. The van der Waals surface area contributed by atoms with E-state index in [4.69, 9.17) is 0 Å². The van der Waals surface area contributed by atoms with Crippen LogP contribution in [0.15, 0.2) is 55.2 Å². The Balaban J connectivity index is 1.81. The maximum atomic E-state index is 4.39. The lowest BCUT2D eigenvalue weighted by molar-refractivity contribution is 0.795. The first-order valence-corrected chi connectivity index (χ1v) is 5.88. The first kappa shape index (κ1) is 10.8. The quantitative estimate of drug-likeness (QED) is 0.702. The highest BCUT2D eigenvalue weighted by molar-refractivity contribution is 5.34. The van der Waals surface area contributed by atoms with Gasteiger partial charge in [0.1, 0.15) is 0 Å². The Hall–Kier alpha value is -2.36. The van der Waals surface area contributed by atoms with Gasteiger partial charge >= 0.3 is 0 Å². The van der Waals surface area contributed by atoms with E-state index >= 15 is 0 Å². The number of imidazole rings is 1. The number of nitrogens with zero attached hydrogens (tertiary/aromatic N) is 4. The van der Waals surface area contributed by atoms with Crippen LogP contribution in [0.5, 0.6) is 0 Å². The van der Waals surface area contributed by atoms with Gasteiger partial charge in [0, 0.05) is 25.1 Å². The van der Waals surface area contributed by atoms with E-state index in [2.05, 4.69) is 34.3 Å². The van der Waals surface area contributed by atoms with Gasteiger partial charge in [-0.25, -0.2) is 9.67 Å². The average Bonchev–Trinajstić information content (AvgIpc) is 3.02. The first-order chi connectivity index (χ1) is 8.81. The monoisotopic (exact) mass is 238 g/mol. The van der Waals surface area contributed by atoms with E-state index in [-0.39, 0.29) is 0 Å². The van der Waals surface area contributed by atoms with Crippen molar-refractivity contribution in [1.29, 1.82) is 0 Å². The maximum Gasteiger partial charge on any atom is 0.0949 e. The fourth-order valence-electron chi connectivity index (χ4n) is 1.90. The van der Waals surface area contributed by atoms with Crippen molar-refractivity contribution in [2.75, 3.05) is 0 Å². The molecule has 0 unspecified atom stereocenters. The summed E-state index contributed by atoms with van der Waals surface area (Å²) in [6.45, 7) is 2.84. The molecule has 0 atom stereocenters. The summed E-state index contributed by atoms with van der Waals surface area (Å²) in [7, 11) is 0. The zero-order valence-corrected chi connectivity index (χ0v) is 10.2. The number of hydrogen-bond acceptors (Lipinski definition) is 2. The number of hydrogen-bond donors (Lipinski definition) is 0. The molecule has 0 amide bonds. The van der Waals surface area contributed by atoms with E-state index in [1.165, 1.54) is 5.56 Å². The molecule has 0 spiro atoms. The summed E-state index contributed by atoms with van der Waals surface area (Å²) in [6, 6.07) is 10.4. The standard InChI is InChI=1S/C14H14N4/c1-12-6-8-18(16-12)14-4-2-13(3-5-14)10-17-9-7-15-11-17/h2-9,11H,10H2,1H3. The molecule has 0 aliphatic rings. The lowest BCUT2D eigenvalue weighted by Crippen LogP contribution is -1.98. The van der Waals surface area contributed by atoms with Crippen molar-refractivity contribution >= 4 is 0 Å². The molecule has 0 bridgehead atoms. The van der Waals surface area contributed by atoms with Crippen LogP contribution < -0.4 is 0 Å². The fraction of sp³-hybridized carbons (Fsp3) is 0.143. The Morgan fingerprint density at radius 2 is 1.89 bits per heavy atom. The summed E-state index contributed by atoms with van der Waals surface area (Å²) in [5.41, 5.74) is 3.36. The van der Waals surface area contributed by atoms with Crippen LogP contribution in [0.4, 0.5) is 0 Å². The SMILES string of the molecule is Cc1ccn(-c2ccc(Cn3ccnc3)cc2)n1. The first-order valence-electron chi connectivity index (χ1n) is 5.88. The molecule has 0 radical (unpaired) electrons. The normalized spacial score (nSPS) is 10.7. The second-order valence-corrected chi connectivity index (χ2v) is 4.30. The van der Waals surface area contributed by atoms with Gasteiger partial charge in [0.15, 0.2) is 0 Å². The second kappa shape index (κ2) is 4.49. The Morgan fingerprint density at radius 3 is 2.50 bits per heavy atom. The van der Waals surface area contributed by atoms with Gasteiger partial charge in [0.2, 0.25) is 0 Å². The summed E-state index contributed by atoms with van der Waals surface area (Å²) in [5, 5.41) is 4.39. The zero-order chi connectivity index (χ0) is 12.4. The Kier molecular flexibility index (Phi) is 2.68. The number of aromatic nitrogens is 4. The van der Waals surface area contributed by atoms with Crippen molar-refractivity contribution < 1.29 is 0 Å². The van der Waals surface area contributed by atoms with E-state index in [1.54, 1.807) is 6.20 Å². The average molecular weight is 238 g/mol. The Bertz CT molecular complexity index is 620. The van der Waals surface area contributed by atoms with Gasteiger partial charge in [-0.05, 0) is 30.7 Å². The van der Waals surface area contributed by atoms with Gasteiger partial charge in [0.25, 0.3) is 0 Å². The lowest BCUT2D eigenvalue weighted by atomic mass is 10.2. The van der Waals surface area contributed by atoms with E-state index in [9.17, 15) is 0 Å². The highest BCUT2D eigenvalue weighted by Crippen LogP contribution is 2.10. The molecule has 90 valence electrons. The highest BCUT2D eigenvalue weighted by atomic mass is 15.3. The summed E-state index contributed by atoms with van der Waals surface area (Å²) in [5.74, 6) is 0. The van der Waals surface area contributed by atoms with E-state index in [0.29, 0.717) is 0 Å². The molecule has 1 aromatic carbocycles. The van der Waals surface area contributed by atoms with Gasteiger partial charge in [0.05, 0.1) is 17.7 Å². The maximum absolute atomic E-state index is 4.39. The van der Waals surface area contributed by atoms with Crippen molar-refractivity contribution in [3.8, 4) is 5.69 Å². The van der Waals surface area contributed by atoms with Crippen molar-refractivity contribution in [2.45, 2.75) is 13.5 Å². The summed E-state index contributed by atoms with van der Waals surface area (Å²) < 4.78 is 3.93. The molecule has 2 aromatic heterocycles. The molecule has 0 aliphatic heterocycles. The van der Waals surface area contributed by atoms with Crippen LogP contribution in [0.2, 0.25) is 0 Å². The summed E-state index contributed by atoms with van der Waals surface area (Å²) in [6.07, 6.45) is 7.55. The van der Waals surface area contributed by atoms with Gasteiger partial charge in [-0.2, -0.15) is 5.10 Å². The van der Waals surface area contributed by atoms with E-state index in [1.807, 2.05) is 41.0 Å². The molecule has 4 nitrogen and oxygen atoms in total. The molecule has 3 rings (SSSR count). The van der Waals surface area contributed by atoms with Crippen LogP contribution in [-0.2, 0) is 6.54 Å². The van der Waals surface area contributed by atoms with Crippen LogP contribution >= 0.6 is 0 Å². The topological polar surface area (TPSA) is 35.6 Å². The zero-order valence-electron chi connectivity index (χ0n) is 10.2. The van der Waals surface area contributed by atoms with Crippen LogP contribution in [0, 0.1) is 6.92 Å². The Labute approximate surface area is 106 Å². The van der Waals surface area contributed by atoms with Crippen molar-refractivity contribution in [3.63, 3.8) is 0 Å². The van der Waals surface area contributed by atoms with Crippen LogP contribution in [-0.4, -0.2) is 19.3 Å². The molecule has 0 N–H and O–H groups in total. The van der Waals surface area contributed by atoms with Gasteiger partial charge in [-0.15, -0.1) is 0 Å². The molecule has 0 fully saturated rings. The molecule has 0 saturated carbocycles.